The Labute approximate surface area is 200 Å². The van der Waals surface area contributed by atoms with Crippen molar-refractivity contribution in [3.05, 3.63) is 59.1 Å². The molecule has 9 nitrogen and oxygen atoms in total. The number of aromatic nitrogens is 4. The summed E-state index contributed by atoms with van der Waals surface area (Å²) in [6, 6.07) is 11.5. The average Bonchev–Trinajstić information content (AvgIpc) is 3.44. The predicted molar refractivity (Wildman–Crippen MR) is 127 cm³/mol. The minimum Gasteiger partial charge on any atom is -0.352 e. The summed E-state index contributed by atoms with van der Waals surface area (Å²) in [7, 11) is 0. The Morgan fingerprint density at radius 3 is 2.48 bits per heavy atom. The van der Waals surface area contributed by atoms with E-state index in [1.54, 1.807) is 11.1 Å². The van der Waals surface area contributed by atoms with Crippen molar-refractivity contribution in [1.82, 2.24) is 24.6 Å². The summed E-state index contributed by atoms with van der Waals surface area (Å²) in [6.07, 6.45) is 3.85. The van der Waals surface area contributed by atoms with Gasteiger partial charge in [-0.1, -0.05) is 22.0 Å². The molecule has 0 aliphatic carbocycles. The van der Waals surface area contributed by atoms with E-state index in [2.05, 4.69) is 36.0 Å². The number of rotatable bonds is 4. The molecule has 2 aliphatic heterocycles. The van der Waals surface area contributed by atoms with Crippen molar-refractivity contribution >= 4 is 39.2 Å². The van der Waals surface area contributed by atoms with Gasteiger partial charge in [0.2, 0.25) is 11.8 Å². The van der Waals surface area contributed by atoms with Crippen LogP contribution < -0.4 is 9.80 Å². The molecule has 1 unspecified atom stereocenters. The van der Waals surface area contributed by atoms with Gasteiger partial charge in [0, 0.05) is 61.7 Å². The molecule has 4 heterocycles. The highest BCUT2D eigenvalue weighted by atomic mass is 79.9. The molecular formula is C23H24BrN7O2. The number of benzene rings is 1. The Morgan fingerprint density at radius 2 is 1.82 bits per heavy atom. The monoisotopic (exact) mass is 509 g/mol. The highest BCUT2D eigenvalue weighted by Gasteiger charge is 2.38. The zero-order valence-electron chi connectivity index (χ0n) is 18.3. The fourth-order valence-corrected chi connectivity index (χ4v) is 4.80. The van der Waals surface area contributed by atoms with Gasteiger partial charge in [-0.25, -0.2) is 4.98 Å². The summed E-state index contributed by atoms with van der Waals surface area (Å²) in [5.74, 6) is 2.11. The van der Waals surface area contributed by atoms with Crippen molar-refractivity contribution in [3.8, 4) is 5.82 Å². The van der Waals surface area contributed by atoms with Crippen LogP contribution in [-0.2, 0) is 9.59 Å². The molecule has 1 aromatic carbocycles. The molecule has 2 amide bonds. The molecule has 0 radical (unpaired) electrons. The third-order valence-electron chi connectivity index (χ3n) is 6.22. The summed E-state index contributed by atoms with van der Waals surface area (Å²) >= 11 is 3.45. The second kappa shape index (κ2) is 8.93. The van der Waals surface area contributed by atoms with Gasteiger partial charge in [-0.15, -0.1) is 10.2 Å². The third kappa shape index (κ3) is 4.35. The molecule has 5 rings (SSSR count). The average molecular weight is 510 g/mol. The van der Waals surface area contributed by atoms with Gasteiger partial charge < -0.3 is 14.7 Å². The Kier molecular flexibility index (Phi) is 5.84. The number of hydrogen-bond acceptors (Lipinski definition) is 6. The maximum Gasteiger partial charge on any atom is 0.228 e. The Bertz CT molecular complexity index is 1170. The number of halogens is 1. The number of carbonyl (C=O) groups is 2. The SMILES string of the molecule is Cc1nccn1-c1ccc(N2CCN(C(=O)C3CC(=O)N(c4cccc(Br)c4)C3)CC2)nn1. The Balaban J connectivity index is 1.18. The molecule has 33 heavy (non-hydrogen) atoms. The van der Waals surface area contributed by atoms with Gasteiger partial charge in [0.05, 0.1) is 5.92 Å². The van der Waals surface area contributed by atoms with E-state index in [0.717, 1.165) is 27.6 Å². The van der Waals surface area contributed by atoms with Crippen molar-refractivity contribution in [3.63, 3.8) is 0 Å². The molecule has 1 atom stereocenters. The van der Waals surface area contributed by atoms with E-state index in [1.807, 2.05) is 59.0 Å². The van der Waals surface area contributed by atoms with Gasteiger partial charge in [0.15, 0.2) is 11.6 Å². The largest absolute Gasteiger partial charge is 0.352 e. The standard InChI is InChI=1S/C23H24BrN7O2/c1-16-25-7-8-30(16)21-6-5-20(26-27-21)28-9-11-29(12-10-28)23(33)17-13-22(32)31(15-17)19-4-2-3-18(24)14-19/h2-8,14,17H,9-13,15H2,1H3. The number of amides is 2. The van der Waals surface area contributed by atoms with Crippen molar-refractivity contribution in [2.45, 2.75) is 13.3 Å². The summed E-state index contributed by atoms with van der Waals surface area (Å²) in [5, 5.41) is 8.71. The van der Waals surface area contributed by atoms with Crippen LogP contribution in [0.15, 0.2) is 53.3 Å². The number of nitrogens with zero attached hydrogens (tertiary/aromatic N) is 7. The van der Waals surface area contributed by atoms with Gasteiger partial charge >= 0.3 is 0 Å². The van der Waals surface area contributed by atoms with Crippen LogP contribution in [0.2, 0.25) is 0 Å². The number of imidazole rings is 1. The molecule has 3 aromatic rings. The van der Waals surface area contributed by atoms with Gasteiger partial charge in [-0.2, -0.15) is 0 Å². The fraction of sp³-hybridized carbons (Fsp3) is 0.348. The minimum absolute atomic E-state index is 0.00595. The molecular weight excluding hydrogens is 486 g/mol. The van der Waals surface area contributed by atoms with Crippen LogP contribution in [0.3, 0.4) is 0 Å². The lowest BCUT2D eigenvalue weighted by molar-refractivity contribution is -0.136. The normalized spacial score (nSPS) is 18.8. The highest BCUT2D eigenvalue weighted by Crippen LogP contribution is 2.28. The molecule has 2 fully saturated rings. The second-order valence-corrected chi connectivity index (χ2v) is 9.21. The van der Waals surface area contributed by atoms with Crippen molar-refractivity contribution in [1.29, 1.82) is 0 Å². The first-order valence-corrected chi connectivity index (χ1v) is 11.7. The van der Waals surface area contributed by atoms with Crippen LogP contribution >= 0.6 is 15.9 Å². The number of aryl methyl sites for hydroxylation is 1. The zero-order valence-corrected chi connectivity index (χ0v) is 19.8. The van der Waals surface area contributed by atoms with Crippen molar-refractivity contribution in [2.24, 2.45) is 5.92 Å². The van der Waals surface area contributed by atoms with Gasteiger partial charge in [-0.05, 0) is 37.3 Å². The summed E-state index contributed by atoms with van der Waals surface area (Å²) in [6.45, 7) is 4.91. The molecule has 0 N–H and O–H groups in total. The van der Waals surface area contributed by atoms with E-state index in [-0.39, 0.29) is 24.2 Å². The van der Waals surface area contributed by atoms with Gasteiger partial charge in [0.1, 0.15) is 5.82 Å². The molecule has 0 bridgehead atoms. The predicted octanol–water partition coefficient (Wildman–Crippen LogP) is 2.43. The van der Waals surface area contributed by atoms with Crippen molar-refractivity contribution in [2.75, 3.05) is 42.5 Å². The van der Waals surface area contributed by atoms with E-state index in [1.165, 1.54) is 0 Å². The van der Waals surface area contributed by atoms with Gasteiger partial charge in [-0.3, -0.25) is 14.2 Å². The lowest BCUT2D eigenvalue weighted by atomic mass is 10.1. The van der Waals surface area contributed by atoms with E-state index in [0.29, 0.717) is 32.7 Å². The topological polar surface area (TPSA) is 87.5 Å². The Morgan fingerprint density at radius 1 is 1.06 bits per heavy atom. The second-order valence-electron chi connectivity index (χ2n) is 8.29. The summed E-state index contributed by atoms with van der Waals surface area (Å²) < 4.78 is 2.79. The smallest absolute Gasteiger partial charge is 0.228 e. The molecule has 0 saturated carbocycles. The van der Waals surface area contributed by atoms with E-state index in [4.69, 9.17) is 0 Å². The van der Waals surface area contributed by atoms with Gasteiger partial charge in [0.25, 0.3) is 0 Å². The molecule has 0 spiro atoms. The first-order valence-electron chi connectivity index (χ1n) is 10.9. The van der Waals surface area contributed by atoms with Crippen LogP contribution in [0.1, 0.15) is 12.2 Å². The zero-order chi connectivity index (χ0) is 22.9. The molecule has 2 aromatic heterocycles. The lowest BCUT2D eigenvalue weighted by Gasteiger charge is -2.36. The van der Waals surface area contributed by atoms with Crippen LogP contribution in [-0.4, -0.2) is 69.2 Å². The third-order valence-corrected chi connectivity index (χ3v) is 6.71. The van der Waals surface area contributed by atoms with Crippen LogP contribution in [0.5, 0.6) is 0 Å². The van der Waals surface area contributed by atoms with E-state index < -0.39 is 0 Å². The Hall–Kier alpha value is -3.27. The maximum atomic E-state index is 13.1. The minimum atomic E-state index is -0.305. The molecule has 2 aliphatic rings. The number of hydrogen-bond donors (Lipinski definition) is 0. The molecule has 170 valence electrons. The maximum absolute atomic E-state index is 13.1. The van der Waals surface area contributed by atoms with Crippen molar-refractivity contribution < 1.29 is 9.59 Å². The van der Waals surface area contributed by atoms with E-state index >= 15 is 0 Å². The number of piperazine rings is 1. The fourth-order valence-electron chi connectivity index (χ4n) is 4.42. The quantitative estimate of drug-likeness (QED) is 0.536. The first-order chi connectivity index (χ1) is 16.0. The van der Waals surface area contributed by atoms with Crippen LogP contribution in [0.25, 0.3) is 5.82 Å². The number of carbonyl (C=O) groups excluding carboxylic acids is 2. The highest BCUT2D eigenvalue weighted by molar-refractivity contribution is 9.10. The summed E-state index contributed by atoms with van der Waals surface area (Å²) in [5.41, 5.74) is 0.822. The number of anilines is 2. The lowest BCUT2D eigenvalue weighted by Crippen LogP contribution is -2.51. The van der Waals surface area contributed by atoms with Crippen LogP contribution in [0, 0.1) is 12.8 Å². The molecule has 10 heteroatoms. The van der Waals surface area contributed by atoms with E-state index in [9.17, 15) is 9.59 Å². The van der Waals surface area contributed by atoms with Crippen LogP contribution in [0.4, 0.5) is 11.5 Å². The summed E-state index contributed by atoms with van der Waals surface area (Å²) in [4.78, 5) is 35.6. The first kappa shape index (κ1) is 21.6. The molecule has 2 saturated heterocycles.